The molecule has 124 valence electrons. The number of benzene rings is 1. The van der Waals surface area contributed by atoms with Gasteiger partial charge in [-0.2, -0.15) is 5.10 Å². The maximum absolute atomic E-state index is 12.4. The van der Waals surface area contributed by atoms with Crippen molar-refractivity contribution in [3.05, 3.63) is 17.7 Å². The van der Waals surface area contributed by atoms with E-state index in [0.717, 1.165) is 18.1 Å². The minimum atomic E-state index is -0.278. The quantitative estimate of drug-likeness (QED) is 0.847. The highest BCUT2D eigenvalue weighted by molar-refractivity contribution is 5.97. The number of nitrogens with zero attached hydrogens (tertiary/aromatic N) is 1. The smallest absolute Gasteiger partial charge is 0.271 e. The van der Waals surface area contributed by atoms with E-state index in [1.54, 1.807) is 12.1 Å². The molecule has 1 aromatic rings. The summed E-state index contributed by atoms with van der Waals surface area (Å²) in [4.78, 5) is 12.4. The largest absolute Gasteiger partial charge is 0.493 e. The van der Waals surface area contributed by atoms with Crippen LogP contribution in [0.25, 0.3) is 0 Å². The Balaban J connectivity index is 1.78. The highest BCUT2D eigenvalue weighted by atomic mass is 16.5. The summed E-state index contributed by atoms with van der Waals surface area (Å²) < 4.78 is 15.8. The Bertz CT molecular complexity index is 616. The highest BCUT2D eigenvalue weighted by Gasteiger charge is 2.36. The van der Waals surface area contributed by atoms with Crippen LogP contribution in [-0.4, -0.2) is 32.9 Å². The lowest BCUT2D eigenvalue weighted by Gasteiger charge is -2.14. The van der Waals surface area contributed by atoms with Gasteiger partial charge in [-0.15, -0.1) is 0 Å². The number of methoxy groups -OCH3 is 3. The molecule has 0 saturated heterocycles. The minimum Gasteiger partial charge on any atom is -0.493 e. The molecular formula is C17H22N2O4. The molecule has 2 fully saturated rings. The maximum Gasteiger partial charge on any atom is 0.271 e. The number of carbonyl (C=O) groups is 1. The summed E-state index contributed by atoms with van der Waals surface area (Å²) in [6.07, 6.45) is 4.73. The van der Waals surface area contributed by atoms with Crippen LogP contribution in [-0.2, 0) is 0 Å². The van der Waals surface area contributed by atoms with E-state index in [9.17, 15) is 4.79 Å². The zero-order valence-corrected chi connectivity index (χ0v) is 13.7. The Kier molecular flexibility index (Phi) is 4.41. The zero-order chi connectivity index (χ0) is 16.4. The molecule has 0 radical (unpaired) electrons. The molecule has 0 aromatic heterocycles. The second-order valence-corrected chi connectivity index (χ2v) is 6.04. The van der Waals surface area contributed by atoms with Crippen LogP contribution < -0.4 is 19.6 Å². The number of hydrogen-bond acceptors (Lipinski definition) is 5. The molecule has 0 unspecified atom stereocenters. The van der Waals surface area contributed by atoms with E-state index in [2.05, 4.69) is 10.5 Å². The second kappa shape index (κ2) is 6.48. The van der Waals surface area contributed by atoms with Gasteiger partial charge in [-0.1, -0.05) is 0 Å². The van der Waals surface area contributed by atoms with Crippen LogP contribution in [0.3, 0.4) is 0 Å². The van der Waals surface area contributed by atoms with Gasteiger partial charge in [0.05, 0.1) is 21.3 Å². The topological polar surface area (TPSA) is 69.2 Å². The van der Waals surface area contributed by atoms with Crippen LogP contribution in [0.1, 0.15) is 36.0 Å². The number of nitrogens with one attached hydrogen (secondary N) is 1. The summed E-state index contributed by atoms with van der Waals surface area (Å²) in [5.74, 6) is 2.40. The van der Waals surface area contributed by atoms with Crippen LogP contribution in [0, 0.1) is 11.8 Å². The molecule has 2 bridgehead atoms. The summed E-state index contributed by atoms with van der Waals surface area (Å²) in [7, 11) is 4.57. The normalized spacial score (nSPS) is 23.9. The summed E-state index contributed by atoms with van der Waals surface area (Å²) in [6.45, 7) is 0. The summed E-state index contributed by atoms with van der Waals surface area (Å²) in [5, 5.41) is 4.34. The van der Waals surface area contributed by atoms with Gasteiger partial charge in [-0.25, -0.2) is 5.43 Å². The molecule has 6 nitrogen and oxygen atoms in total. The monoisotopic (exact) mass is 318 g/mol. The van der Waals surface area contributed by atoms with Crippen LogP contribution in [0.4, 0.5) is 0 Å². The Labute approximate surface area is 135 Å². The number of rotatable bonds is 5. The number of hydrazone groups is 1. The van der Waals surface area contributed by atoms with E-state index in [4.69, 9.17) is 14.2 Å². The van der Waals surface area contributed by atoms with E-state index < -0.39 is 0 Å². The van der Waals surface area contributed by atoms with Crippen molar-refractivity contribution in [1.29, 1.82) is 0 Å². The molecule has 0 aliphatic heterocycles. The van der Waals surface area contributed by atoms with Gasteiger partial charge < -0.3 is 14.2 Å². The first-order valence-electron chi connectivity index (χ1n) is 7.83. The lowest BCUT2D eigenvalue weighted by Crippen LogP contribution is -2.22. The Morgan fingerprint density at radius 3 is 2.30 bits per heavy atom. The van der Waals surface area contributed by atoms with E-state index in [-0.39, 0.29) is 5.91 Å². The van der Waals surface area contributed by atoms with Crippen molar-refractivity contribution in [3.63, 3.8) is 0 Å². The lowest BCUT2D eigenvalue weighted by molar-refractivity contribution is 0.0953. The number of fused-ring (bicyclic) bond motifs is 2. The molecule has 1 amide bonds. The van der Waals surface area contributed by atoms with E-state index >= 15 is 0 Å². The van der Waals surface area contributed by atoms with Gasteiger partial charge in [0.2, 0.25) is 5.75 Å². The summed E-state index contributed by atoms with van der Waals surface area (Å²) in [5.41, 5.74) is 4.21. The summed E-state index contributed by atoms with van der Waals surface area (Å²) >= 11 is 0. The van der Waals surface area contributed by atoms with Crippen molar-refractivity contribution in [3.8, 4) is 17.2 Å². The minimum absolute atomic E-state index is 0.278. The maximum atomic E-state index is 12.4. The molecule has 23 heavy (non-hydrogen) atoms. The highest BCUT2D eigenvalue weighted by Crippen LogP contribution is 2.42. The molecule has 1 aromatic carbocycles. The fraction of sp³-hybridized carbons (Fsp3) is 0.529. The molecule has 1 N–H and O–H groups in total. The molecule has 3 rings (SSSR count). The molecule has 6 heteroatoms. The van der Waals surface area contributed by atoms with E-state index in [1.165, 1.54) is 40.6 Å². The van der Waals surface area contributed by atoms with Crippen molar-refractivity contribution >= 4 is 11.6 Å². The third-order valence-electron chi connectivity index (χ3n) is 4.74. The van der Waals surface area contributed by atoms with Crippen molar-refractivity contribution in [2.24, 2.45) is 16.9 Å². The summed E-state index contributed by atoms with van der Waals surface area (Å²) in [6, 6.07) is 3.25. The van der Waals surface area contributed by atoms with Crippen molar-refractivity contribution in [2.45, 2.75) is 25.7 Å². The number of hydrogen-bond donors (Lipinski definition) is 1. The van der Waals surface area contributed by atoms with Crippen LogP contribution in [0.15, 0.2) is 17.2 Å². The van der Waals surface area contributed by atoms with Gasteiger partial charge in [-0.3, -0.25) is 4.79 Å². The third-order valence-corrected chi connectivity index (χ3v) is 4.74. The van der Waals surface area contributed by atoms with Gasteiger partial charge in [0.15, 0.2) is 11.5 Å². The SMILES string of the molecule is COc1cc(C(=O)N/N=C2/C[C@@H]3CC[C@H]2C3)cc(OC)c1OC. The predicted molar refractivity (Wildman–Crippen MR) is 86.4 cm³/mol. The van der Waals surface area contributed by atoms with Gasteiger partial charge in [0.1, 0.15) is 0 Å². The molecule has 0 heterocycles. The van der Waals surface area contributed by atoms with Gasteiger partial charge in [-0.05, 0) is 49.7 Å². The van der Waals surface area contributed by atoms with E-state index in [0.29, 0.717) is 28.7 Å². The zero-order valence-electron chi connectivity index (χ0n) is 13.7. The van der Waals surface area contributed by atoms with Crippen molar-refractivity contribution < 1.29 is 19.0 Å². The van der Waals surface area contributed by atoms with Crippen LogP contribution >= 0.6 is 0 Å². The lowest BCUT2D eigenvalue weighted by atomic mass is 9.99. The second-order valence-electron chi connectivity index (χ2n) is 6.04. The van der Waals surface area contributed by atoms with Gasteiger partial charge in [0.25, 0.3) is 5.91 Å². The Morgan fingerprint density at radius 2 is 1.83 bits per heavy atom. The molecule has 0 spiro atoms. The molecule has 2 saturated carbocycles. The van der Waals surface area contributed by atoms with Crippen molar-refractivity contribution in [1.82, 2.24) is 5.43 Å². The first-order chi connectivity index (χ1) is 11.2. The number of amides is 1. The fourth-order valence-corrected chi connectivity index (χ4v) is 3.56. The number of ether oxygens (including phenoxy) is 3. The van der Waals surface area contributed by atoms with Gasteiger partial charge in [0, 0.05) is 11.3 Å². The average molecular weight is 318 g/mol. The first kappa shape index (κ1) is 15.6. The standard InChI is InChI=1S/C17H22N2O4/c1-21-14-8-12(9-15(22-2)16(14)23-3)17(20)19-18-13-7-10-4-5-11(13)6-10/h8-11H,4-7H2,1-3H3,(H,19,20)/b18-13-/t10-,11+/m1/s1. The molecule has 2 atom stereocenters. The fourth-order valence-electron chi connectivity index (χ4n) is 3.56. The van der Waals surface area contributed by atoms with Crippen molar-refractivity contribution in [2.75, 3.05) is 21.3 Å². The molecule has 2 aliphatic carbocycles. The predicted octanol–water partition coefficient (Wildman–Crippen LogP) is 2.62. The Morgan fingerprint density at radius 1 is 1.13 bits per heavy atom. The third kappa shape index (κ3) is 2.98. The van der Waals surface area contributed by atoms with Gasteiger partial charge >= 0.3 is 0 Å². The van der Waals surface area contributed by atoms with E-state index in [1.807, 2.05) is 0 Å². The Hall–Kier alpha value is -2.24. The number of carbonyl (C=O) groups excluding carboxylic acids is 1. The van der Waals surface area contributed by atoms with Crippen LogP contribution in [0.5, 0.6) is 17.2 Å². The van der Waals surface area contributed by atoms with Crippen LogP contribution in [0.2, 0.25) is 0 Å². The first-order valence-corrected chi connectivity index (χ1v) is 7.83. The molecule has 2 aliphatic rings. The molecular weight excluding hydrogens is 296 g/mol. The average Bonchev–Trinajstić information content (AvgIpc) is 3.21.